The normalized spacial score (nSPS) is 19.4. The van der Waals surface area contributed by atoms with E-state index in [0.717, 1.165) is 12.8 Å². The monoisotopic (exact) mass is 257 g/mol. The molecule has 1 amide bonds. The van der Waals surface area contributed by atoms with E-state index in [1.165, 1.54) is 7.11 Å². The quantitative estimate of drug-likeness (QED) is 0.731. The fourth-order valence-corrected chi connectivity index (χ4v) is 2.11. The number of amides is 1. The summed E-state index contributed by atoms with van der Waals surface area (Å²) in [7, 11) is 1.34. The summed E-state index contributed by atoms with van der Waals surface area (Å²) < 4.78 is 4.68. The van der Waals surface area contributed by atoms with Gasteiger partial charge in [0, 0.05) is 25.9 Å². The summed E-state index contributed by atoms with van der Waals surface area (Å²) in [6.45, 7) is 1.03. The third-order valence-corrected chi connectivity index (χ3v) is 3.09. The van der Waals surface area contributed by atoms with Gasteiger partial charge in [-0.3, -0.25) is 14.4 Å². The molecule has 6 heteroatoms. The largest absolute Gasteiger partial charge is 0.481 e. The van der Waals surface area contributed by atoms with Gasteiger partial charge in [-0.1, -0.05) is 0 Å². The Kier molecular flexibility index (Phi) is 5.61. The minimum atomic E-state index is -0.895. The highest BCUT2D eigenvalue weighted by atomic mass is 16.5. The predicted molar refractivity (Wildman–Crippen MR) is 62.8 cm³/mol. The van der Waals surface area contributed by atoms with Crippen molar-refractivity contribution in [2.24, 2.45) is 5.92 Å². The summed E-state index contributed by atoms with van der Waals surface area (Å²) in [5.74, 6) is -1.50. The van der Waals surface area contributed by atoms with Crippen molar-refractivity contribution in [3.8, 4) is 0 Å². The lowest BCUT2D eigenvalue weighted by Gasteiger charge is -2.31. The van der Waals surface area contributed by atoms with Gasteiger partial charge in [0.15, 0.2) is 0 Å². The molecule has 1 N–H and O–H groups in total. The number of nitrogens with zero attached hydrogens (tertiary/aromatic N) is 1. The Hall–Kier alpha value is -1.59. The smallest absolute Gasteiger partial charge is 0.310 e. The Morgan fingerprint density at radius 3 is 2.67 bits per heavy atom. The molecule has 1 aliphatic rings. The lowest BCUT2D eigenvalue weighted by atomic mass is 9.98. The number of likely N-dealkylation sites (tertiary alicyclic amines) is 1. The highest BCUT2D eigenvalue weighted by Crippen LogP contribution is 2.18. The summed E-state index contributed by atoms with van der Waals surface area (Å²) in [5.41, 5.74) is 0. The van der Waals surface area contributed by atoms with E-state index in [-0.39, 0.29) is 30.6 Å². The van der Waals surface area contributed by atoms with Crippen LogP contribution < -0.4 is 0 Å². The summed E-state index contributed by atoms with van der Waals surface area (Å²) >= 11 is 0. The maximum absolute atomic E-state index is 11.8. The Morgan fingerprint density at radius 2 is 2.06 bits per heavy atom. The van der Waals surface area contributed by atoms with Gasteiger partial charge < -0.3 is 14.7 Å². The summed E-state index contributed by atoms with van der Waals surface area (Å²) in [6, 6.07) is 0. The molecule has 1 unspecified atom stereocenters. The maximum Gasteiger partial charge on any atom is 0.310 e. The Morgan fingerprint density at radius 1 is 1.33 bits per heavy atom. The predicted octanol–water partition coefficient (Wildman–Crippen LogP) is 0.653. The standard InChI is InChI=1S/C12H19NO5/c1-18-12(17)9-4-3-7-13(8-9)10(14)5-2-6-11(15)16/h9H,2-8H2,1H3,(H,15,16). The van der Waals surface area contributed by atoms with Gasteiger partial charge in [0.2, 0.25) is 5.91 Å². The van der Waals surface area contributed by atoms with Gasteiger partial charge in [-0.15, -0.1) is 0 Å². The molecule has 18 heavy (non-hydrogen) atoms. The average Bonchev–Trinajstić information content (AvgIpc) is 2.37. The lowest BCUT2D eigenvalue weighted by Crippen LogP contribution is -2.42. The van der Waals surface area contributed by atoms with Crippen molar-refractivity contribution in [3.63, 3.8) is 0 Å². The zero-order valence-electron chi connectivity index (χ0n) is 10.6. The van der Waals surface area contributed by atoms with Gasteiger partial charge in [0.1, 0.15) is 0 Å². The summed E-state index contributed by atoms with van der Waals surface area (Å²) in [5, 5.41) is 8.50. The van der Waals surface area contributed by atoms with Crippen LogP contribution in [0.25, 0.3) is 0 Å². The number of piperidine rings is 1. The fraction of sp³-hybridized carbons (Fsp3) is 0.750. The van der Waals surface area contributed by atoms with Gasteiger partial charge in [-0.2, -0.15) is 0 Å². The first-order chi connectivity index (χ1) is 8.54. The third kappa shape index (κ3) is 4.35. The second kappa shape index (κ2) is 6.98. The number of hydrogen-bond donors (Lipinski definition) is 1. The van der Waals surface area contributed by atoms with Crippen LogP contribution in [0.2, 0.25) is 0 Å². The SMILES string of the molecule is COC(=O)C1CCCN(C(=O)CCCC(=O)O)C1. The van der Waals surface area contributed by atoms with Crippen LogP contribution in [0.3, 0.4) is 0 Å². The molecule has 0 aromatic heterocycles. The molecule has 0 bridgehead atoms. The number of carboxylic acid groups (broad SMARTS) is 1. The van der Waals surface area contributed by atoms with Crippen LogP contribution in [0.15, 0.2) is 0 Å². The van der Waals surface area contributed by atoms with E-state index in [2.05, 4.69) is 4.74 Å². The van der Waals surface area contributed by atoms with Gasteiger partial charge in [0.05, 0.1) is 13.0 Å². The van der Waals surface area contributed by atoms with Crippen molar-refractivity contribution in [2.45, 2.75) is 32.1 Å². The number of rotatable bonds is 5. The van der Waals surface area contributed by atoms with E-state index in [9.17, 15) is 14.4 Å². The average molecular weight is 257 g/mol. The lowest BCUT2D eigenvalue weighted by molar-refractivity contribution is -0.149. The molecule has 1 rings (SSSR count). The topological polar surface area (TPSA) is 83.9 Å². The molecule has 0 radical (unpaired) electrons. The number of carbonyl (C=O) groups excluding carboxylic acids is 2. The number of hydrogen-bond acceptors (Lipinski definition) is 4. The Labute approximate surface area is 106 Å². The third-order valence-electron chi connectivity index (χ3n) is 3.09. The first kappa shape index (κ1) is 14.5. The van der Waals surface area contributed by atoms with Crippen molar-refractivity contribution < 1.29 is 24.2 Å². The summed E-state index contributed by atoms with van der Waals surface area (Å²) in [4.78, 5) is 35.2. The van der Waals surface area contributed by atoms with Crippen molar-refractivity contribution in [3.05, 3.63) is 0 Å². The molecule has 0 aliphatic carbocycles. The fourth-order valence-electron chi connectivity index (χ4n) is 2.11. The molecule has 1 saturated heterocycles. The highest BCUT2D eigenvalue weighted by Gasteiger charge is 2.28. The molecule has 1 atom stereocenters. The molecule has 6 nitrogen and oxygen atoms in total. The van der Waals surface area contributed by atoms with Crippen LogP contribution in [0.4, 0.5) is 0 Å². The van der Waals surface area contributed by atoms with Crippen molar-refractivity contribution in [1.29, 1.82) is 0 Å². The number of ether oxygens (including phenoxy) is 1. The zero-order valence-corrected chi connectivity index (χ0v) is 10.6. The van der Waals surface area contributed by atoms with Crippen molar-refractivity contribution in [2.75, 3.05) is 20.2 Å². The number of aliphatic carboxylic acids is 1. The second-order valence-electron chi connectivity index (χ2n) is 4.45. The molecular weight excluding hydrogens is 238 g/mol. The van der Waals surface area contributed by atoms with Crippen LogP contribution in [0.1, 0.15) is 32.1 Å². The minimum absolute atomic E-state index is 0.0000102. The molecule has 102 valence electrons. The van der Waals surface area contributed by atoms with Crippen LogP contribution in [0.5, 0.6) is 0 Å². The van der Waals surface area contributed by atoms with E-state index >= 15 is 0 Å². The minimum Gasteiger partial charge on any atom is -0.481 e. The number of methoxy groups -OCH3 is 1. The molecule has 0 saturated carbocycles. The number of carbonyl (C=O) groups is 3. The Bertz CT molecular complexity index is 328. The Balaban J connectivity index is 2.38. The first-order valence-corrected chi connectivity index (χ1v) is 6.12. The zero-order chi connectivity index (χ0) is 13.5. The molecule has 0 spiro atoms. The molecule has 1 aliphatic heterocycles. The number of carboxylic acids is 1. The van der Waals surface area contributed by atoms with Gasteiger partial charge >= 0.3 is 11.9 Å². The van der Waals surface area contributed by atoms with E-state index in [4.69, 9.17) is 5.11 Å². The van der Waals surface area contributed by atoms with Gasteiger partial charge in [0.25, 0.3) is 0 Å². The van der Waals surface area contributed by atoms with E-state index in [1.54, 1.807) is 4.90 Å². The van der Waals surface area contributed by atoms with Gasteiger partial charge in [-0.05, 0) is 19.3 Å². The number of esters is 1. The van der Waals surface area contributed by atoms with E-state index in [1.807, 2.05) is 0 Å². The van der Waals surface area contributed by atoms with E-state index < -0.39 is 5.97 Å². The molecule has 1 heterocycles. The molecule has 0 aromatic rings. The van der Waals surface area contributed by atoms with Crippen molar-refractivity contribution in [1.82, 2.24) is 4.90 Å². The van der Waals surface area contributed by atoms with Crippen molar-refractivity contribution >= 4 is 17.8 Å². The summed E-state index contributed by atoms with van der Waals surface area (Å²) in [6.07, 6.45) is 2.09. The van der Waals surface area contributed by atoms with Crippen LogP contribution in [0, 0.1) is 5.92 Å². The van der Waals surface area contributed by atoms with Crippen LogP contribution >= 0.6 is 0 Å². The van der Waals surface area contributed by atoms with Crippen LogP contribution in [-0.2, 0) is 19.1 Å². The van der Waals surface area contributed by atoms with Crippen LogP contribution in [-0.4, -0.2) is 48.1 Å². The first-order valence-electron chi connectivity index (χ1n) is 6.12. The maximum atomic E-state index is 11.8. The van der Waals surface area contributed by atoms with E-state index in [0.29, 0.717) is 19.5 Å². The highest BCUT2D eigenvalue weighted by molar-refractivity contribution is 5.79. The van der Waals surface area contributed by atoms with Gasteiger partial charge in [-0.25, -0.2) is 0 Å². The molecule has 1 fully saturated rings. The molecular formula is C12H19NO5. The second-order valence-corrected chi connectivity index (χ2v) is 4.45. The molecule has 0 aromatic carbocycles.